The summed E-state index contributed by atoms with van der Waals surface area (Å²) in [6.45, 7) is 4.93. The predicted octanol–water partition coefficient (Wildman–Crippen LogP) is -0.368. The Bertz CT molecular complexity index is 166. The molecule has 0 aromatic rings. The molecule has 0 aliphatic carbocycles. The molecule has 0 aromatic heterocycles. The topological polar surface area (TPSA) is 72.2 Å². The molecule has 0 spiro atoms. The molecular weight excluding hydrogens is 144 g/mol. The van der Waals surface area contributed by atoms with Gasteiger partial charge in [0.25, 0.3) is 0 Å². The van der Waals surface area contributed by atoms with Crippen molar-refractivity contribution in [2.75, 3.05) is 0 Å². The lowest BCUT2D eigenvalue weighted by atomic mass is 10.1. The fourth-order valence-electron chi connectivity index (χ4n) is 0.560. The van der Waals surface area contributed by atoms with Crippen LogP contribution >= 0.6 is 0 Å². The molecule has 0 aliphatic heterocycles. The van der Waals surface area contributed by atoms with Crippen molar-refractivity contribution < 1.29 is 9.59 Å². The molecule has 0 rings (SSSR count). The second-order valence-electron chi connectivity index (χ2n) is 2.82. The van der Waals surface area contributed by atoms with Gasteiger partial charge in [-0.05, 0) is 5.92 Å². The minimum Gasteiger partial charge on any atom is -0.320 e. The second-order valence-corrected chi connectivity index (χ2v) is 2.82. The van der Waals surface area contributed by atoms with Crippen LogP contribution in [0.2, 0.25) is 0 Å². The zero-order valence-electron chi connectivity index (χ0n) is 7.05. The monoisotopic (exact) mass is 158 g/mol. The van der Waals surface area contributed by atoms with E-state index in [2.05, 4.69) is 5.32 Å². The molecular formula is C7H14N2O2. The van der Waals surface area contributed by atoms with Gasteiger partial charge in [0.1, 0.15) is 0 Å². The summed E-state index contributed by atoms with van der Waals surface area (Å²) in [7, 11) is 0. The largest absolute Gasteiger partial charge is 0.320 e. The van der Waals surface area contributed by atoms with Gasteiger partial charge in [-0.1, -0.05) is 13.8 Å². The van der Waals surface area contributed by atoms with Crippen LogP contribution in [0.25, 0.3) is 0 Å². The van der Waals surface area contributed by atoms with Crippen molar-refractivity contribution in [2.24, 2.45) is 11.7 Å². The van der Waals surface area contributed by atoms with Gasteiger partial charge in [0.2, 0.25) is 11.8 Å². The van der Waals surface area contributed by atoms with E-state index < -0.39 is 11.9 Å². The first-order valence-electron chi connectivity index (χ1n) is 3.52. The molecule has 0 aromatic carbocycles. The van der Waals surface area contributed by atoms with Gasteiger partial charge < -0.3 is 5.73 Å². The highest BCUT2D eigenvalue weighted by Gasteiger charge is 2.17. The number of amides is 2. The molecule has 64 valence electrons. The van der Waals surface area contributed by atoms with Crippen LogP contribution in [0, 0.1) is 5.92 Å². The van der Waals surface area contributed by atoms with Crippen molar-refractivity contribution >= 4 is 11.8 Å². The van der Waals surface area contributed by atoms with Gasteiger partial charge in [0.15, 0.2) is 0 Å². The van der Waals surface area contributed by atoms with E-state index in [1.54, 1.807) is 0 Å². The summed E-state index contributed by atoms with van der Waals surface area (Å²) < 4.78 is 0. The van der Waals surface area contributed by atoms with Crippen LogP contribution < -0.4 is 11.1 Å². The van der Waals surface area contributed by atoms with E-state index in [4.69, 9.17) is 5.73 Å². The third-order valence-electron chi connectivity index (χ3n) is 1.32. The zero-order chi connectivity index (χ0) is 9.02. The molecule has 11 heavy (non-hydrogen) atoms. The highest BCUT2D eigenvalue weighted by molar-refractivity contribution is 5.96. The van der Waals surface area contributed by atoms with Gasteiger partial charge in [-0.3, -0.25) is 14.9 Å². The Morgan fingerprint density at radius 2 is 1.82 bits per heavy atom. The van der Waals surface area contributed by atoms with Crippen LogP contribution in [0.15, 0.2) is 0 Å². The fourth-order valence-corrected chi connectivity index (χ4v) is 0.560. The van der Waals surface area contributed by atoms with Crippen molar-refractivity contribution in [3.05, 3.63) is 0 Å². The first-order chi connectivity index (χ1) is 4.95. The first-order valence-corrected chi connectivity index (χ1v) is 3.52. The molecule has 2 amide bonds. The Hall–Kier alpha value is -0.900. The fraction of sp³-hybridized carbons (Fsp3) is 0.714. The average Bonchev–Trinajstić information content (AvgIpc) is 1.84. The van der Waals surface area contributed by atoms with E-state index >= 15 is 0 Å². The van der Waals surface area contributed by atoms with E-state index in [0.717, 1.165) is 0 Å². The number of rotatable bonds is 2. The van der Waals surface area contributed by atoms with Crippen LogP contribution in [0.3, 0.4) is 0 Å². The smallest absolute Gasteiger partial charge is 0.243 e. The van der Waals surface area contributed by atoms with Gasteiger partial charge >= 0.3 is 0 Å². The standard InChI is InChI=1S/C7H14N2O2/c1-4(2)6(8)7(11)9-5(3)10/h4,6H,8H2,1-3H3,(H,9,10,11). The second kappa shape index (κ2) is 4.08. The van der Waals surface area contributed by atoms with E-state index in [-0.39, 0.29) is 11.8 Å². The van der Waals surface area contributed by atoms with Gasteiger partial charge in [0, 0.05) is 6.92 Å². The number of carbonyl (C=O) groups excluding carboxylic acids is 2. The Morgan fingerprint density at radius 1 is 1.36 bits per heavy atom. The minimum atomic E-state index is -0.598. The SMILES string of the molecule is CC(=O)NC(=O)C(N)C(C)C. The van der Waals surface area contributed by atoms with Gasteiger partial charge in [-0.15, -0.1) is 0 Å². The lowest BCUT2D eigenvalue weighted by Crippen LogP contribution is -2.45. The molecule has 0 aliphatic rings. The number of imide groups is 1. The molecule has 4 nitrogen and oxygen atoms in total. The number of carbonyl (C=O) groups is 2. The third kappa shape index (κ3) is 3.72. The lowest BCUT2D eigenvalue weighted by molar-refractivity contribution is -0.130. The van der Waals surface area contributed by atoms with Crippen LogP contribution in [0.5, 0.6) is 0 Å². The Labute approximate surface area is 66.1 Å². The number of nitrogens with two attached hydrogens (primary N) is 1. The van der Waals surface area contributed by atoms with Crippen molar-refractivity contribution in [2.45, 2.75) is 26.8 Å². The third-order valence-corrected chi connectivity index (χ3v) is 1.32. The van der Waals surface area contributed by atoms with Gasteiger partial charge in [0.05, 0.1) is 6.04 Å². The summed E-state index contributed by atoms with van der Waals surface area (Å²) >= 11 is 0. The number of hydrogen-bond donors (Lipinski definition) is 2. The van der Waals surface area contributed by atoms with Gasteiger partial charge in [-0.2, -0.15) is 0 Å². The van der Waals surface area contributed by atoms with Crippen LogP contribution in [-0.4, -0.2) is 17.9 Å². The Kier molecular flexibility index (Phi) is 3.74. The highest BCUT2D eigenvalue weighted by Crippen LogP contribution is 1.97. The van der Waals surface area contributed by atoms with E-state index in [1.165, 1.54) is 6.92 Å². The first kappa shape index (κ1) is 10.1. The molecule has 3 N–H and O–H groups in total. The van der Waals surface area contributed by atoms with Crippen molar-refractivity contribution in [1.29, 1.82) is 0 Å². The Balaban J connectivity index is 3.93. The summed E-state index contributed by atoms with van der Waals surface area (Å²) in [6.07, 6.45) is 0. The molecule has 0 saturated heterocycles. The summed E-state index contributed by atoms with van der Waals surface area (Å²) in [5, 5.41) is 2.12. The van der Waals surface area contributed by atoms with E-state index in [1.807, 2.05) is 13.8 Å². The maximum atomic E-state index is 10.9. The molecule has 0 fully saturated rings. The Morgan fingerprint density at radius 3 is 2.09 bits per heavy atom. The number of hydrogen-bond acceptors (Lipinski definition) is 3. The summed E-state index contributed by atoms with van der Waals surface area (Å²) in [5.41, 5.74) is 5.44. The highest BCUT2D eigenvalue weighted by atomic mass is 16.2. The quantitative estimate of drug-likeness (QED) is 0.576. The van der Waals surface area contributed by atoms with E-state index in [0.29, 0.717) is 0 Å². The van der Waals surface area contributed by atoms with Crippen LogP contribution in [0.4, 0.5) is 0 Å². The van der Waals surface area contributed by atoms with Crippen LogP contribution in [-0.2, 0) is 9.59 Å². The van der Waals surface area contributed by atoms with Crippen LogP contribution in [0.1, 0.15) is 20.8 Å². The van der Waals surface area contributed by atoms with E-state index in [9.17, 15) is 9.59 Å². The molecule has 0 bridgehead atoms. The summed E-state index contributed by atoms with van der Waals surface area (Å²) in [5.74, 6) is -0.729. The molecule has 0 saturated carbocycles. The summed E-state index contributed by atoms with van der Waals surface area (Å²) in [6, 6.07) is -0.598. The molecule has 0 heterocycles. The molecule has 1 unspecified atom stereocenters. The van der Waals surface area contributed by atoms with Gasteiger partial charge in [-0.25, -0.2) is 0 Å². The normalized spacial score (nSPS) is 12.8. The molecule has 4 heteroatoms. The maximum Gasteiger partial charge on any atom is 0.243 e. The van der Waals surface area contributed by atoms with Crippen molar-refractivity contribution in [3.8, 4) is 0 Å². The summed E-state index contributed by atoms with van der Waals surface area (Å²) in [4.78, 5) is 21.3. The van der Waals surface area contributed by atoms with Crippen molar-refractivity contribution in [1.82, 2.24) is 5.32 Å². The number of nitrogens with one attached hydrogen (secondary N) is 1. The molecule has 1 atom stereocenters. The predicted molar refractivity (Wildman–Crippen MR) is 41.6 cm³/mol. The maximum absolute atomic E-state index is 10.9. The van der Waals surface area contributed by atoms with Crippen molar-refractivity contribution in [3.63, 3.8) is 0 Å². The lowest BCUT2D eigenvalue weighted by Gasteiger charge is -2.13. The average molecular weight is 158 g/mol. The zero-order valence-corrected chi connectivity index (χ0v) is 7.05. The molecule has 0 radical (unpaired) electrons. The minimum absolute atomic E-state index is 0.0503.